The van der Waals surface area contributed by atoms with Crippen LogP contribution in [0, 0.1) is 6.92 Å². The topological polar surface area (TPSA) is 41.9 Å². The lowest BCUT2D eigenvalue weighted by atomic mass is 9.98. The van der Waals surface area contributed by atoms with Crippen molar-refractivity contribution in [2.45, 2.75) is 19.9 Å². The predicted octanol–water partition coefficient (Wildman–Crippen LogP) is 3.01. The van der Waals surface area contributed by atoms with Gasteiger partial charge in [-0.25, -0.2) is 4.98 Å². The van der Waals surface area contributed by atoms with Crippen molar-refractivity contribution in [2.24, 2.45) is 0 Å². The monoisotopic (exact) mass is 260 g/mol. The van der Waals surface area contributed by atoms with Crippen molar-refractivity contribution < 1.29 is 0 Å². The van der Waals surface area contributed by atoms with E-state index in [0.717, 1.165) is 28.3 Å². The van der Waals surface area contributed by atoms with Gasteiger partial charge in [0, 0.05) is 30.7 Å². The largest absolute Gasteiger partial charge is 0.363 e. The highest BCUT2D eigenvalue weighted by Gasteiger charge is 2.30. The van der Waals surface area contributed by atoms with E-state index in [9.17, 15) is 0 Å². The SMILES string of the molecule is Cc1cc2c(c(Cl)n1)N(C)C(C)c1nccnc1-2. The van der Waals surface area contributed by atoms with Crippen LogP contribution in [-0.2, 0) is 0 Å². The number of hydrogen-bond donors (Lipinski definition) is 0. The van der Waals surface area contributed by atoms with Crippen molar-refractivity contribution in [1.82, 2.24) is 15.0 Å². The summed E-state index contributed by atoms with van der Waals surface area (Å²) in [5, 5.41) is 0.524. The minimum absolute atomic E-state index is 0.142. The van der Waals surface area contributed by atoms with Gasteiger partial charge in [-0.3, -0.25) is 9.97 Å². The fraction of sp³-hybridized carbons (Fsp3) is 0.308. The molecule has 4 nitrogen and oxygen atoms in total. The highest BCUT2D eigenvalue weighted by Crippen LogP contribution is 2.44. The van der Waals surface area contributed by atoms with Crippen molar-refractivity contribution in [2.75, 3.05) is 11.9 Å². The van der Waals surface area contributed by atoms with Crippen LogP contribution in [0.25, 0.3) is 11.3 Å². The molecule has 0 saturated carbocycles. The molecule has 3 rings (SSSR count). The third-order valence-electron chi connectivity index (χ3n) is 3.39. The Bertz CT molecular complexity index is 626. The molecule has 0 N–H and O–H groups in total. The van der Waals surface area contributed by atoms with Gasteiger partial charge in [0.15, 0.2) is 5.15 Å². The van der Waals surface area contributed by atoms with Gasteiger partial charge >= 0.3 is 0 Å². The van der Waals surface area contributed by atoms with Gasteiger partial charge in [-0.15, -0.1) is 0 Å². The molecule has 0 spiro atoms. The first-order chi connectivity index (χ1) is 8.59. The number of nitrogens with zero attached hydrogens (tertiary/aromatic N) is 4. The zero-order valence-corrected chi connectivity index (χ0v) is 11.2. The highest BCUT2D eigenvalue weighted by atomic mass is 35.5. The van der Waals surface area contributed by atoms with Crippen molar-refractivity contribution in [3.8, 4) is 11.3 Å². The van der Waals surface area contributed by atoms with Crippen molar-refractivity contribution in [3.05, 3.63) is 35.0 Å². The van der Waals surface area contributed by atoms with E-state index in [1.165, 1.54) is 0 Å². The summed E-state index contributed by atoms with van der Waals surface area (Å²) in [5.41, 5.74) is 4.72. The Kier molecular flexibility index (Phi) is 2.48. The number of fused-ring (bicyclic) bond motifs is 3. The fourth-order valence-electron chi connectivity index (χ4n) is 2.38. The molecule has 0 aromatic carbocycles. The summed E-state index contributed by atoms with van der Waals surface area (Å²) in [7, 11) is 2.00. The number of rotatable bonds is 0. The second kappa shape index (κ2) is 3.92. The zero-order chi connectivity index (χ0) is 12.9. The standard InChI is InChI=1S/C13H13ClN4/c1-7-6-9-11-10(15-4-5-16-11)8(2)18(3)12(9)13(14)17-7/h4-6,8H,1-3H3. The summed E-state index contributed by atoms with van der Waals surface area (Å²) in [6.45, 7) is 4.02. The molecule has 3 heterocycles. The molecular formula is C13H13ClN4. The fourth-order valence-corrected chi connectivity index (χ4v) is 2.75. The molecule has 18 heavy (non-hydrogen) atoms. The van der Waals surface area contributed by atoms with E-state index in [1.807, 2.05) is 20.0 Å². The van der Waals surface area contributed by atoms with Gasteiger partial charge < -0.3 is 4.90 Å². The first kappa shape index (κ1) is 11.4. The van der Waals surface area contributed by atoms with Gasteiger partial charge in [0.05, 0.1) is 23.1 Å². The van der Waals surface area contributed by atoms with Crippen LogP contribution in [0.3, 0.4) is 0 Å². The Morgan fingerprint density at radius 2 is 2.00 bits per heavy atom. The molecule has 0 amide bonds. The van der Waals surface area contributed by atoms with Gasteiger partial charge in [0.25, 0.3) is 0 Å². The molecule has 1 aliphatic heterocycles. The predicted molar refractivity (Wildman–Crippen MR) is 71.8 cm³/mol. The Labute approximate surface area is 111 Å². The third kappa shape index (κ3) is 1.49. The van der Waals surface area contributed by atoms with E-state index in [-0.39, 0.29) is 6.04 Å². The van der Waals surface area contributed by atoms with Crippen molar-refractivity contribution in [1.29, 1.82) is 0 Å². The molecule has 92 valence electrons. The van der Waals surface area contributed by atoms with Crippen LogP contribution in [-0.4, -0.2) is 22.0 Å². The molecule has 1 unspecified atom stereocenters. The summed E-state index contributed by atoms with van der Waals surface area (Å²) < 4.78 is 0. The van der Waals surface area contributed by atoms with Crippen LogP contribution in [0.15, 0.2) is 18.5 Å². The lowest BCUT2D eigenvalue weighted by Gasteiger charge is -2.34. The summed E-state index contributed by atoms with van der Waals surface area (Å²) in [4.78, 5) is 15.3. The van der Waals surface area contributed by atoms with Gasteiger partial charge in [-0.05, 0) is 19.9 Å². The lowest BCUT2D eigenvalue weighted by Crippen LogP contribution is -2.28. The Hall–Kier alpha value is -1.68. The van der Waals surface area contributed by atoms with Crippen LogP contribution in [0.1, 0.15) is 24.4 Å². The summed E-state index contributed by atoms with van der Waals surface area (Å²) in [6, 6.07) is 2.15. The molecule has 1 atom stereocenters. The van der Waals surface area contributed by atoms with Crippen LogP contribution in [0.4, 0.5) is 5.69 Å². The smallest absolute Gasteiger partial charge is 0.153 e. The maximum atomic E-state index is 6.27. The number of pyridine rings is 1. The first-order valence-electron chi connectivity index (χ1n) is 5.81. The summed E-state index contributed by atoms with van der Waals surface area (Å²) >= 11 is 6.27. The molecule has 0 bridgehead atoms. The number of anilines is 1. The number of halogens is 1. The highest BCUT2D eigenvalue weighted by molar-refractivity contribution is 6.33. The average molecular weight is 261 g/mol. The molecule has 2 aromatic rings. The Balaban J connectivity index is 2.37. The van der Waals surface area contributed by atoms with Crippen LogP contribution < -0.4 is 4.90 Å². The molecule has 5 heteroatoms. The molecule has 0 radical (unpaired) electrons. The van der Waals surface area contributed by atoms with E-state index in [2.05, 4.69) is 26.8 Å². The Morgan fingerprint density at radius 3 is 2.78 bits per heavy atom. The van der Waals surface area contributed by atoms with E-state index in [0.29, 0.717) is 5.15 Å². The maximum Gasteiger partial charge on any atom is 0.153 e. The minimum Gasteiger partial charge on any atom is -0.363 e. The quantitative estimate of drug-likeness (QED) is 0.683. The van der Waals surface area contributed by atoms with Gasteiger partial charge in [-0.1, -0.05) is 11.6 Å². The summed E-state index contributed by atoms with van der Waals surface area (Å²) in [6.07, 6.45) is 3.44. The van der Waals surface area contributed by atoms with Crippen LogP contribution in [0.5, 0.6) is 0 Å². The van der Waals surface area contributed by atoms with E-state index < -0.39 is 0 Å². The number of hydrogen-bond acceptors (Lipinski definition) is 4. The van der Waals surface area contributed by atoms with E-state index in [4.69, 9.17) is 11.6 Å². The van der Waals surface area contributed by atoms with Gasteiger partial charge in [0.2, 0.25) is 0 Å². The van der Waals surface area contributed by atoms with Crippen molar-refractivity contribution in [3.63, 3.8) is 0 Å². The van der Waals surface area contributed by atoms with Crippen molar-refractivity contribution >= 4 is 17.3 Å². The van der Waals surface area contributed by atoms with Crippen LogP contribution in [0.2, 0.25) is 5.15 Å². The molecule has 0 fully saturated rings. The molecule has 0 saturated heterocycles. The maximum absolute atomic E-state index is 6.27. The third-order valence-corrected chi connectivity index (χ3v) is 3.65. The van der Waals surface area contributed by atoms with E-state index >= 15 is 0 Å². The minimum atomic E-state index is 0.142. The van der Waals surface area contributed by atoms with Gasteiger partial charge in [0.1, 0.15) is 0 Å². The van der Waals surface area contributed by atoms with Crippen LogP contribution >= 0.6 is 11.6 Å². The van der Waals surface area contributed by atoms with Gasteiger partial charge in [-0.2, -0.15) is 0 Å². The zero-order valence-electron chi connectivity index (χ0n) is 10.5. The second-order valence-electron chi connectivity index (χ2n) is 4.53. The number of aryl methyl sites for hydroxylation is 1. The second-order valence-corrected chi connectivity index (χ2v) is 4.89. The normalized spacial score (nSPS) is 17.3. The van der Waals surface area contributed by atoms with E-state index in [1.54, 1.807) is 12.4 Å². The molecule has 0 aliphatic carbocycles. The summed E-state index contributed by atoms with van der Waals surface area (Å²) in [5.74, 6) is 0. The Morgan fingerprint density at radius 1 is 1.28 bits per heavy atom. The number of aromatic nitrogens is 3. The molecule has 1 aliphatic rings. The average Bonchev–Trinajstić information content (AvgIpc) is 2.35. The lowest BCUT2D eigenvalue weighted by molar-refractivity contribution is 0.699. The molecular weight excluding hydrogens is 248 g/mol. The first-order valence-corrected chi connectivity index (χ1v) is 6.18. The molecule has 2 aromatic heterocycles.